The Morgan fingerprint density at radius 2 is 2.09 bits per heavy atom. The Balaban J connectivity index is 1.58. The third kappa shape index (κ3) is 3.46. The molecule has 1 aromatic carbocycles. The molecule has 34 heavy (non-hydrogen) atoms. The predicted octanol–water partition coefficient (Wildman–Crippen LogP) is 2.74. The second kappa shape index (κ2) is 8.26. The van der Waals surface area contributed by atoms with Crippen LogP contribution in [0, 0.1) is 17.7 Å². The number of likely N-dealkylation sites (tertiary alicyclic amines) is 1. The van der Waals surface area contributed by atoms with Crippen LogP contribution < -0.4 is 5.73 Å². The minimum atomic E-state index is -0.658. The van der Waals surface area contributed by atoms with Gasteiger partial charge in [0, 0.05) is 25.9 Å². The van der Waals surface area contributed by atoms with E-state index < -0.39 is 18.5 Å². The molecule has 8 nitrogen and oxygen atoms in total. The van der Waals surface area contributed by atoms with E-state index in [0.717, 1.165) is 0 Å². The molecule has 2 atom stereocenters. The zero-order chi connectivity index (χ0) is 24.0. The SMILES string of the molecule is C=CC(=O)N1CC(n2cc(C#Cc3cc4ncn(C)c4cc3F)c3c(N)ncnc32)C[C@@H]1CF. The summed E-state index contributed by atoms with van der Waals surface area (Å²) in [5, 5.41) is 0.527. The van der Waals surface area contributed by atoms with Crippen LogP contribution in [0.1, 0.15) is 23.6 Å². The fourth-order valence-electron chi connectivity index (χ4n) is 4.49. The first kappa shape index (κ1) is 21.6. The summed E-state index contributed by atoms with van der Waals surface area (Å²) in [6.45, 7) is 3.14. The number of hydrogen-bond acceptors (Lipinski definition) is 5. The van der Waals surface area contributed by atoms with Gasteiger partial charge < -0.3 is 19.8 Å². The predicted molar refractivity (Wildman–Crippen MR) is 124 cm³/mol. The number of amides is 1. The molecule has 3 aromatic heterocycles. The number of nitrogen functional groups attached to an aromatic ring is 1. The van der Waals surface area contributed by atoms with Gasteiger partial charge in [-0.2, -0.15) is 0 Å². The monoisotopic (exact) mass is 461 g/mol. The number of halogens is 2. The zero-order valence-corrected chi connectivity index (χ0v) is 18.4. The Morgan fingerprint density at radius 3 is 2.85 bits per heavy atom. The van der Waals surface area contributed by atoms with Crippen LogP contribution in [0.25, 0.3) is 22.1 Å². The number of fused-ring (bicyclic) bond motifs is 2. The van der Waals surface area contributed by atoms with Crippen molar-refractivity contribution >= 4 is 33.8 Å². The maximum absolute atomic E-state index is 14.7. The van der Waals surface area contributed by atoms with Gasteiger partial charge in [0.1, 0.15) is 30.3 Å². The summed E-state index contributed by atoms with van der Waals surface area (Å²) >= 11 is 0. The summed E-state index contributed by atoms with van der Waals surface area (Å²) in [6.07, 6.45) is 6.29. The lowest BCUT2D eigenvalue weighted by Gasteiger charge is -2.20. The molecule has 1 unspecified atom stereocenters. The molecule has 5 rings (SSSR count). The van der Waals surface area contributed by atoms with Crippen molar-refractivity contribution in [3.05, 3.63) is 60.6 Å². The molecule has 0 aliphatic carbocycles. The Morgan fingerprint density at radius 1 is 1.29 bits per heavy atom. The lowest BCUT2D eigenvalue weighted by atomic mass is 10.1. The van der Waals surface area contributed by atoms with Crippen LogP contribution in [0.4, 0.5) is 14.6 Å². The van der Waals surface area contributed by atoms with Crippen molar-refractivity contribution < 1.29 is 13.6 Å². The highest BCUT2D eigenvalue weighted by Gasteiger charge is 2.36. The van der Waals surface area contributed by atoms with Crippen molar-refractivity contribution in [3.63, 3.8) is 0 Å². The fraction of sp³-hybridized carbons (Fsp3) is 0.250. The van der Waals surface area contributed by atoms with E-state index in [1.807, 2.05) is 4.57 Å². The first-order valence-corrected chi connectivity index (χ1v) is 10.6. The molecular weight excluding hydrogens is 440 g/mol. The van der Waals surface area contributed by atoms with Crippen LogP contribution in [-0.4, -0.2) is 54.2 Å². The molecule has 1 aliphatic rings. The number of aryl methyl sites for hydroxylation is 1. The van der Waals surface area contributed by atoms with Crippen molar-refractivity contribution in [1.29, 1.82) is 0 Å². The van der Waals surface area contributed by atoms with E-state index >= 15 is 0 Å². The molecule has 4 heterocycles. The van der Waals surface area contributed by atoms with Crippen LogP contribution >= 0.6 is 0 Å². The molecule has 1 fully saturated rings. The molecule has 4 aromatic rings. The molecule has 0 spiro atoms. The van der Waals surface area contributed by atoms with Gasteiger partial charge in [-0.25, -0.2) is 23.7 Å². The smallest absolute Gasteiger partial charge is 0.246 e. The number of nitrogens with zero attached hydrogens (tertiary/aromatic N) is 6. The normalized spacial score (nSPS) is 17.8. The van der Waals surface area contributed by atoms with Crippen LogP contribution in [-0.2, 0) is 11.8 Å². The topological polar surface area (TPSA) is 94.9 Å². The molecule has 1 saturated heterocycles. The fourth-order valence-corrected chi connectivity index (χ4v) is 4.49. The van der Waals surface area contributed by atoms with Gasteiger partial charge in [-0.05, 0) is 18.6 Å². The lowest BCUT2D eigenvalue weighted by molar-refractivity contribution is -0.127. The van der Waals surface area contributed by atoms with E-state index in [2.05, 4.69) is 33.4 Å². The van der Waals surface area contributed by atoms with E-state index in [9.17, 15) is 13.6 Å². The highest BCUT2D eigenvalue weighted by Crippen LogP contribution is 2.33. The van der Waals surface area contributed by atoms with Gasteiger partial charge in [0.2, 0.25) is 5.91 Å². The molecular formula is C24H21F2N7O. The van der Waals surface area contributed by atoms with Crippen molar-refractivity contribution in [2.24, 2.45) is 7.05 Å². The van der Waals surface area contributed by atoms with Gasteiger partial charge in [-0.3, -0.25) is 4.79 Å². The van der Waals surface area contributed by atoms with Crippen molar-refractivity contribution in [3.8, 4) is 11.8 Å². The van der Waals surface area contributed by atoms with E-state index in [4.69, 9.17) is 5.73 Å². The average Bonchev–Trinajstić information content (AvgIpc) is 3.53. The van der Waals surface area contributed by atoms with Crippen LogP contribution in [0.15, 0.2) is 43.6 Å². The maximum Gasteiger partial charge on any atom is 0.246 e. The number of anilines is 1. The summed E-state index contributed by atoms with van der Waals surface area (Å²) in [6, 6.07) is 2.20. The van der Waals surface area contributed by atoms with Crippen molar-refractivity contribution in [1.82, 2.24) is 29.0 Å². The minimum absolute atomic E-state index is 0.198. The number of benzene rings is 1. The summed E-state index contributed by atoms with van der Waals surface area (Å²) in [4.78, 5) is 26.4. The molecule has 1 amide bonds. The summed E-state index contributed by atoms with van der Waals surface area (Å²) in [5.74, 6) is 5.31. The van der Waals surface area contributed by atoms with Crippen molar-refractivity contribution in [2.75, 3.05) is 19.0 Å². The van der Waals surface area contributed by atoms with E-state index in [1.165, 1.54) is 23.4 Å². The highest BCUT2D eigenvalue weighted by atomic mass is 19.1. The Labute approximate surface area is 193 Å². The second-order valence-corrected chi connectivity index (χ2v) is 8.23. The Kier molecular flexibility index (Phi) is 5.24. The minimum Gasteiger partial charge on any atom is -0.383 e. The van der Waals surface area contributed by atoms with Gasteiger partial charge in [-0.15, -0.1) is 0 Å². The van der Waals surface area contributed by atoms with Crippen LogP contribution in [0.5, 0.6) is 0 Å². The maximum atomic E-state index is 14.7. The van der Waals surface area contributed by atoms with E-state index in [-0.39, 0.29) is 23.3 Å². The number of carbonyl (C=O) groups is 1. The molecule has 10 heteroatoms. The molecule has 2 N–H and O–H groups in total. The van der Waals surface area contributed by atoms with Crippen LogP contribution in [0.3, 0.4) is 0 Å². The molecule has 0 bridgehead atoms. The Hall–Kier alpha value is -4.26. The average molecular weight is 461 g/mol. The van der Waals surface area contributed by atoms with Gasteiger partial charge in [-0.1, -0.05) is 18.4 Å². The number of carbonyl (C=O) groups excluding carboxylic acids is 1. The van der Waals surface area contributed by atoms with Gasteiger partial charge in [0.25, 0.3) is 0 Å². The number of aromatic nitrogens is 5. The second-order valence-electron chi connectivity index (χ2n) is 8.23. The van der Waals surface area contributed by atoms with Gasteiger partial charge >= 0.3 is 0 Å². The van der Waals surface area contributed by atoms with Gasteiger partial charge in [0.05, 0.1) is 46.0 Å². The summed E-state index contributed by atoms with van der Waals surface area (Å²) in [5.41, 5.74) is 8.67. The molecule has 0 radical (unpaired) electrons. The van der Waals surface area contributed by atoms with E-state index in [1.54, 1.807) is 30.2 Å². The van der Waals surface area contributed by atoms with Crippen molar-refractivity contribution in [2.45, 2.75) is 18.5 Å². The zero-order valence-electron chi connectivity index (χ0n) is 18.4. The summed E-state index contributed by atoms with van der Waals surface area (Å²) in [7, 11) is 1.79. The number of imidazole rings is 1. The summed E-state index contributed by atoms with van der Waals surface area (Å²) < 4.78 is 31.9. The molecule has 0 saturated carbocycles. The van der Waals surface area contributed by atoms with Gasteiger partial charge in [0.15, 0.2) is 0 Å². The largest absolute Gasteiger partial charge is 0.383 e. The van der Waals surface area contributed by atoms with E-state index in [0.29, 0.717) is 40.6 Å². The number of hydrogen-bond donors (Lipinski definition) is 1. The number of alkyl halides is 1. The first-order valence-electron chi connectivity index (χ1n) is 10.6. The first-order chi connectivity index (χ1) is 16.4. The number of rotatable bonds is 3. The molecule has 1 aliphatic heterocycles. The number of nitrogens with two attached hydrogens (primary N) is 1. The third-order valence-electron chi connectivity index (χ3n) is 6.21. The highest BCUT2D eigenvalue weighted by molar-refractivity contribution is 5.93. The quantitative estimate of drug-likeness (QED) is 0.374. The lowest BCUT2D eigenvalue weighted by Crippen LogP contribution is -2.35. The van der Waals surface area contributed by atoms with Crippen LogP contribution in [0.2, 0.25) is 0 Å². The Bertz CT molecular complexity index is 1510. The molecule has 172 valence electrons. The standard InChI is InChI=1S/C24H21F2N7O/c1-3-21(34)32-11-17(7-16(32)9-25)33-10-15(22-23(27)28-12-29-24(22)33)5-4-14-6-19-20(8-18(14)26)31(2)13-30-19/h3,6,8,10,12-13,16-17H,1,7,9,11H2,2H3,(H2,27,28,29)/t16-,17?/m1/s1. The third-order valence-corrected chi connectivity index (χ3v) is 6.21.